The van der Waals surface area contributed by atoms with E-state index >= 15 is 0 Å². The number of hydrogen-bond donors (Lipinski definition) is 1. The molecule has 0 heterocycles. The van der Waals surface area contributed by atoms with E-state index in [9.17, 15) is 9.59 Å². The third-order valence-corrected chi connectivity index (χ3v) is 3.95. The number of carboxylic acid groups (broad SMARTS) is 1. The van der Waals surface area contributed by atoms with Crippen LogP contribution in [0.25, 0.3) is 0 Å². The summed E-state index contributed by atoms with van der Waals surface area (Å²) in [6, 6.07) is 4.99. The molecule has 4 nitrogen and oxygen atoms in total. The van der Waals surface area contributed by atoms with Gasteiger partial charge in [0, 0.05) is 21.5 Å². The van der Waals surface area contributed by atoms with Gasteiger partial charge >= 0.3 is 5.97 Å². The van der Waals surface area contributed by atoms with E-state index in [-0.39, 0.29) is 18.4 Å². The molecule has 0 aliphatic heterocycles. The highest BCUT2D eigenvalue weighted by atomic mass is 79.9. The minimum atomic E-state index is -0.910. The monoisotopic (exact) mass is 391 g/mol. The molecule has 0 fully saturated rings. The lowest BCUT2D eigenvalue weighted by Gasteiger charge is -2.27. The van der Waals surface area contributed by atoms with E-state index in [0.717, 1.165) is 4.47 Å². The molecular formula is C13H15Br2NO3. The Morgan fingerprint density at radius 1 is 1.37 bits per heavy atom. The molecule has 0 aliphatic carbocycles. The lowest BCUT2D eigenvalue weighted by Crippen LogP contribution is -2.39. The normalized spacial score (nSPS) is 12.0. The smallest absolute Gasteiger partial charge is 0.305 e. The fraction of sp³-hybridized carbons (Fsp3) is 0.385. The van der Waals surface area contributed by atoms with Gasteiger partial charge in [0.1, 0.15) is 0 Å². The Balaban J connectivity index is 3.01. The number of carbonyl (C=O) groups excluding carboxylic acids is 1. The van der Waals surface area contributed by atoms with Crippen molar-refractivity contribution in [1.82, 2.24) is 4.90 Å². The van der Waals surface area contributed by atoms with E-state index < -0.39 is 5.97 Å². The molecule has 0 aromatic heterocycles. The highest BCUT2D eigenvalue weighted by Gasteiger charge is 2.23. The predicted molar refractivity (Wildman–Crippen MR) is 80.3 cm³/mol. The molecule has 1 amide bonds. The van der Waals surface area contributed by atoms with Crippen molar-refractivity contribution in [2.75, 3.05) is 6.54 Å². The van der Waals surface area contributed by atoms with Gasteiger partial charge in [-0.15, -0.1) is 0 Å². The van der Waals surface area contributed by atoms with E-state index in [1.807, 2.05) is 13.0 Å². The van der Waals surface area contributed by atoms with Gasteiger partial charge in [0.05, 0.1) is 12.0 Å². The fourth-order valence-corrected chi connectivity index (χ4v) is 2.61. The topological polar surface area (TPSA) is 57.6 Å². The Morgan fingerprint density at radius 2 is 2.00 bits per heavy atom. The van der Waals surface area contributed by atoms with E-state index in [1.54, 1.807) is 24.0 Å². The number of benzene rings is 1. The van der Waals surface area contributed by atoms with Gasteiger partial charge in [0.25, 0.3) is 5.91 Å². The highest BCUT2D eigenvalue weighted by Crippen LogP contribution is 2.24. The van der Waals surface area contributed by atoms with Crippen molar-refractivity contribution in [2.45, 2.75) is 26.3 Å². The Kier molecular flexibility index (Phi) is 6.00. The van der Waals surface area contributed by atoms with Gasteiger partial charge in [-0.1, -0.05) is 15.9 Å². The van der Waals surface area contributed by atoms with Gasteiger partial charge in [-0.3, -0.25) is 9.59 Å². The standard InChI is InChI=1S/C13H15Br2NO3/c1-3-16(8(2)6-12(17)18)13(19)10-7-9(14)4-5-11(10)15/h4-5,7-8H,3,6H2,1-2H3,(H,17,18). The zero-order valence-corrected chi connectivity index (χ0v) is 13.9. The molecule has 0 aliphatic rings. The molecule has 1 aromatic rings. The van der Waals surface area contributed by atoms with Crippen LogP contribution in [-0.2, 0) is 4.79 Å². The summed E-state index contributed by atoms with van der Waals surface area (Å²) in [6.07, 6.45) is -0.0643. The van der Waals surface area contributed by atoms with E-state index in [1.165, 1.54) is 0 Å². The maximum atomic E-state index is 12.5. The summed E-state index contributed by atoms with van der Waals surface area (Å²) >= 11 is 6.67. The van der Waals surface area contributed by atoms with Crippen LogP contribution in [0.15, 0.2) is 27.1 Å². The number of carbonyl (C=O) groups is 2. The van der Waals surface area contributed by atoms with Gasteiger partial charge in [0.15, 0.2) is 0 Å². The molecule has 1 rings (SSSR count). The van der Waals surface area contributed by atoms with Crippen LogP contribution in [0.2, 0.25) is 0 Å². The fourth-order valence-electron chi connectivity index (χ4n) is 1.83. The van der Waals surface area contributed by atoms with Crippen molar-refractivity contribution < 1.29 is 14.7 Å². The van der Waals surface area contributed by atoms with E-state index in [2.05, 4.69) is 31.9 Å². The van der Waals surface area contributed by atoms with Gasteiger partial charge < -0.3 is 10.0 Å². The Bertz CT molecular complexity index is 491. The summed E-state index contributed by atoms with van der Waals surface area (Å²) in [7, 11) is 0. The number of hydrogen-bond acceptors (Lipinski definition) is 2. The van der Waals surface area contributed by atoms with Crippen LogP contribution in [0.5, 0.6) is 0 Å². The summed E-state index contributed by atoms with van der Waals surface area (Å²) in [5.74, 6) is -1.09. The van der Waals surface area contributed by atoms with Crippen molar-refractivity contribution in [3.05, 3.63) is 32.7 Å². The van der Waals surface area contributed by atoms with Gasteiger partial charge in [-0.05, 0) is 48.0 Å². The van der Waals surface area contributed by atoms with Crippen LogP contribution in [0.3, 0.4) is 0 Å². The molecule has 0 spiro atoms. The maximum Gasteiger partial charge on any atom is 0.305 e. The first-order valence-electron chi connectivity index (χ1n) is 5.84. The van der Waals surface area contributed by atoms with Crippen molar-refractivity contribution in [3.63, 3.8) is 0 Å². The number of amides is 1. The SMILES string of the molecule is CCN(C(=O)c1cc(Br)ccc1Br)C(C)CC(=O)O. The lowest BCUT2D eigenvalue weighted by molar-refractivity contribution is -0.138. The Labute approximate surface area is 129 Å². The van der Waals surface area contributed by atoms with Gasteiger partial charge in [-0.25, -0.2) is 0 Å². The number of carboxylic acids is 1. The first-order valence-corrected chi connectivity index (χ1v) is 7.43. The summed E-state index contributed by atoms with van der Waals surface area (Å²) < 4.78 is 1.50. The molecule has 6 heteroatoms. The van der Waals surface area contributed by atoms with Gasteiger partial charge in [0.2, 0.25) is 0 Å². The molecule has 0 saturated carbocycles. The van der Waals surface area contributed by atoms with Crippen molar-refractivity contribution in [3.8, 4) is 0 Å². The first-order chi connectivity index (χ1) is 8.86. The molecule has 1 N–H and O–H groups in total. The third kappa shape index (κ3) is 4.31. The van der Waals surface area contributed by atoms with Crippen LogP contribution in [0.1, 0.15) is 30.6 Å². The Morgan fingerprint density at radius 3 is 2.53 bits per heavy atom. The van der Waals surface area contributed by atoms with Crippen molar-refractivity contribution >= 4 is 43.7 Å². The van der Waals surface area contributed by atoms with Crippen molar-refractivity contribution in [1.29, 1.82) is 0 Å². The summed E-state index contributed by atoms with van der Waals surface area (Å²) in [6.45, 7) is 4.04. The minimum Gasteiger partial charge on any atom is -0.481 e. The zero-order valence-electron chi connectivity index (χ0n) is 10.7. The number of nitrogens with zero attached hydrogens (tertiary/aromatic N) is 1. The first kappa shape index (κ1) is 16.2. The van der Waals surface area contributed by atoms with Crippen LogP contribution in [-0.4, -0.2) is 34.5 Å². The predicted octanol–water partition coefficient (Wildman–Crippen LogP) is 3.54. The summed E-state index contributed by atoms with van der Waals surface area (Å²) in [5.41, 5.74) is 0.522. The third-order valence-electron chi connectivity index (χ3n) is 2.76. The second kappa shape index (κ2) is 7.05. The van der Waals surface area contributed by atoms with Crippen LogP contribution in [0.4, 0.5) is 0 Å². The average Bonchev–Trinajstić information content (AvgIpc) is 2.32. The molecule has 0 saturated heterocycles. The lowest BCUT2D eigenvalue weighted by atomic mass is 10.1. The number of halogens is 2. The molecule has 0 bridgehead atoms. The second-order valence-electron chi connectivity index (χ2n) is 4.16. The maximum absolute atomic E-state index is 12.5. The average molecular weight is 393 g/mol. The van der Waals surface area contributed by atoms with Crippen LogP contribution < -0.4 is 0 Å². The molecule has 104 valence electrons. The second-order valence-corrected chi connectivity index (χ2v) is 5.93. The van der Waals surface area contributed by atoms with Crippen LogP contribution in [0, 0.1) is 0 Å². The van der Waals surface area contributed by atoms with E-state index in [4.69, 9.17) is 5.11 Å². The van der Waals surface area contributed by atoms with E-state index in [0.29, 0.717) is 16.6 Å². The molecule has 19 heavy (non-hydrogen) atoms. The van der Waals surface area contributed by atoms with Gasteiger partial charge in [-0.2, -0.15) is 0 Å². The largest absolute Gasteiger partial charge is 0.481 e. The minimum absolute atomic E-state index is 0.0643. The number of aliphatic carboxylic acids is 1. The summed E-state index contributed by atoms with van der Waals surface area (Å²) in [5, 5.41) is 8.82. The van der Waals surface area contributed by atoms with Crippen molar-refractivity contribution in [2.24, 2.45) is 0 Å². The quantitative estimate of drug-likeness (QED) is 0.833. The molecule has 1 unspecified atom stereocenters. The molecule has 0 radical (unpaired) electrons. The molecular weight excluding hydrogens is 378 g/mol. The zero-order chi connectivity index (χ0) is 14.6. The molecule has 1 atom stereocenters. The highest BCUT2D eigenvalue weighted by molar-refractivity contribution is 9.11. The summed E-state index contributed by atoms with van der Waals surface area (Å²) in [4.78, 5) is 24.8. The number of rotatable bonds is 5. The Hall–Kier alpha value is -0.880. The molecule has 1 aromatic carbocycles. The van der Waals surface area contributed by atoms with Crippen LogP contribution >= 0.6 is 31.9 Å².